The first-order valence-corrected chi connectivity index (χ1v) is 6.46. The van der Waals surface area contributed by atoms with E-state index in [9.17, 15) is 9.59 Å². The Morgan fingerprint density at radius 2 is 1.95 bits per heavy atom. The SMILES string of the molecule is CC(C)(C)OC(=O)N1CCC(=O)c2ccccc2C1. The summed E-state index contributed by atoms with van der Waals surface area (Å²) < 4.78 is 5.36. The maximum Gasteiger partial charge on any atom is 0.410 e. The van der Waals surface area contributed by atoms with Crippen LogP contribution in [0.1, 0.15) is 43.1 Å². The van der Waals surface area contributed by atoms with Crippen LogP contribution < -0.4 is 0 Å². The molecule has 0 N–H and O–H groups in total. The minimum absolute atomic E-state index is 0.0849. The Balaban J connectivity index is 2.19. The zero-order chi connectivity index (χ0) is 14.0. The molecule has 0 spiro atoms. The highest BCUT2D eigenvalue weighted by atomic mass is 16.6. The van der Waals surface area contributed by atoms with Gasteiger partial charge in [-0.25, -0.2) is 4.79 Å². The number of fused-ring (bicyclic) bond motifs is 1. The van der Waals surface area contributed by atoms with Gasteiger partial charge in [-0.1, -0.05) is 24.3 Å². The van der Waals surface area contributed by atoms with E-state index in [-0.39, 0.29) is 11.9 Å². The van der Waals surface area contributed by atoms with E-state index in [2.05, 4.69) is 0 Å². The second-order valence-electron chi connectivity index (χ2n) is 5.73. The number of hydrogen-bond acceptors (Lipinski definition) is 3. The Labute approximate surface area is 113 Å². The molecule has 2 rings (SSSR count). The van der Waals surface area contributed by atoms with Crippen LogP contribution in [0.25, 0.3) is 0 Å². The zero-order valence-electron chi connectivity index (χ0n) is 11.6. The van der Waals surface area contributed by atoms with Gasteiger partial charge in [-0.05, 0) is 26.3 Å². The predicted molar refractivity (Wildman–Crippen MR) is 72.0 cm³/mol. The third kappa shape index (κ3) is 3.34. The molecular weight excluding hydrogens is 242 g/mol. The fraction of sp³-hybridized carbons (Fsp3) is 0.467. The van der Waals surface area contributed by atoms with Crippen LogP contribution in [-0.2, 0) is 11.3 Å². The average Bonchev–Trinajstić information content (AvgIpc) is 2.47. The van der Waals surface area contributed by atoms with E-state index in [0.717, 1.165) is 5.56 Å². The second kappa shape index (κ2) is 5.03. The van der Waals surface area contributed by atoms with Crippen LogP contribution in [-0.4, -0.2) is 28.9 Å². The largest absolute Gasteiger partial charge is 0.444 e. The van der Waals surface area contributed by atoms with Crippen LogP contribution in [0, 0.1) is 0 Å². The summed E-state index contributed by atoms with van der Waals surface area (Å²) >= 11 is 0. The smallest absolute Gasteiger partial charge is 0.410 e. The van der Waals surface area contributed by atoms with Gasteiger partial charge in [0.1, 0.15) is 5.60 Å². The van der Waals surface area contributed by atoms with Gasteiger partial charge in [0.2, 0.25) is 0 Å². The molecule has 0 atom stereocenters. The number of rotatable bonds is 0. The number of ether oxygens (including phenoxy) is 1. The summed E-state index contributed by atoms with van der Waals surface area (Å²) in [5.74, 6) is 0.0849. The van der Waals surface area contributed by atoms with E-state index < -0.39 is 5.60 Å². The quantitative estimate of drug-likeness (QED) is 0.721. The molecule has 0 aliphatic carbocycles. The molecule has 19 heavy (non-hydrogen) atoms. The highest BCUT2D eigenvalue weighted by molar-refractivity contribution is 5.98. The number of carbonyl (C=O) groups is 2. The number of Topliss-reactive ketones (excluding diaryl/α,β-unsaturated/α-hetero) is 1. The highest BCUT2D eigenvalue weighted by Crippen LogP contribution is 2.20. The van der Waals surface area contributed by atoms with Crippen LogP contribution in [0.3, 0.4) is 0 Å². The maximum absolute atomic E-state index is 12.1. The lowest BCUT2D eigenvalue weighted by atomic mass is 10.0. The zero-order valence-corrected chi connectivity index (χ0v) is 11.6. The molecule has 4 heteroatoms. The van der Waals surface area contributed by atoms with Gasteiger partial charge in [-0.3, -0.25) is 4.79 Å². The molecule has 0 aromatic heterocycles. The Hall–Kier alpha value is -1.84. The number of amides is 1. The van der Waals surface area contributed by atoms with E-state index >= 15 is 0 Å². The molecule has 0 saturated carbocycles. The molecule has 0 radical (unpaired) electrons. The Kier molecular flexibility index (Phi) is 3.60. The first-order valence-electron chi connectivity index (χ1n) is 6.46. The molecule has 1 aromatic carbocycles. The van der Waals surface area contributed by atoms with Crippen molar-refractivity contribution < 1.29 is 14.3 Å². The van der Waals surface area contributed by atoms with Crippen molar-refractivity contribution in [3.63, 3.8) is 0 Å². The molecule has 0 unspecified atom stereocenters. The molecular formula is C15H19NO3. The summed E-state index contributed by atoms with van der Waals surface area (Å²) in [4.78, 5) is 25.6. The van der Waals surface area contributed by atoms with Crippen molar-refractivity contribution in [2.45, 2.75) is 39.3 Å². The van der Waals surface area contributed by atoms with Crippen LogP contribution in [0.5, 0.6) is 0 Å². The van der Waals surface area contributed by atoms with E-state index in [4.69, 9.17) is 4.74 Å². The molecule has 0 fully saturated rings. The molecule has 102 valence electrons. The number of nitrogens with zero attached hydrogens (tertiary/aromatic N) is 1. The molecule has 1 aliphatic rings. The topological polar surface area (TPSA) is 46.6 Å². The van der Waals surface area contributed by atoms with Crippen molar-refractivity contribution in [1.29, 1.82) is 0 Å². The number of hydrogen-bond donors (Lipinski definition) is 0. The van der Waals surface area contributed by atoms with Gasteiger partial charge in [0.25, 0.3) is 0 Å². The molecule has 1 heterocycles. The van der Waals surface area contributed by atoms with Gasteiger partial charge in [0, 0.05) is 25.1 Å². The lowest BCUT2D eigenvalue weighted by molar-refractivity contribution is 0.0238. The molecule has 4 nitrogen and oxygen atoms in total. The van der Waals surface area contributed by atoms with E-state index in [1.165, 1.54) is 0 Å². The lowest BCUT2D eigenvalue weighted by Gasteiger charge is -2.26. The van der Waals surface area contributed by atoms with E-state index in [0.29, 0.717) is 25.1 Å². The number of benzene rings is 1. The Morgan fingerprint density at radius 3 is 2.63 bits per heavy atom. The molecule has 0 bridgehead atoms. The van der Waals surface area contributed by atoms with E-state index in [1.807, 2.05) is 45.0 Å². The van der Waals surface area contributed by atoms with Gasteiger partial charge in [-0.2, -0.15) is 0 Å². The predicted octanol–water partition coefficient (Wildman–Crippen LogP) is 3.01. The third-order valence-corrected chi connectivity index (χ3v) is 2.94. The Bertz CT molecular complexity index is 502. The van der Waals surface area contributed by atoms with Crippen LogP contribution in [0.2, 0.25) is 0 Å². The summed E-state index contributed by atoms with van der Waals surface area (Å²) in [5, 5.41) is 0. The summed E-state index contributed by atoms with van der Waals surface area (Å²) in [6, 6.07) is 7.43. The highest BCUT2D eigenvalue weighted by Gasteiger charge is 2.26. The standard InChI is InChI=1S/C15H19NO3/c1-15(2,3)19-14(18)16-9-8-13(17)12-7-5-4-6-11(12)10-16/h4-7H,8-10H2,1-3H3. The molecule has 0 saturated heterocycles. The minimum Gasteiger partial charge on any atom is -0.444 e. The second-order valence-corrected chi connectivity index (χ2v) is 5.73. The van der Waals surface area contributed by atoms with Crippen molar-refractivity contribution in [3.8, 4) is 0 Å². The average molecular weight is 261 g/mol. The Morgan fingerprint density at radius 1 is 1.26 bits per heavy atom. The van der Waals surface area contributed by atoms with Gasteiger partial charge >= 0.3 is 6.09 Å². The minimum atomic E-state index is -0.521. The van der Waals surface area contributed by atoms with E-state index in [1.54, 1.807) is 4.90 Å². The lowest BCUT2D eigenvalue weighted by Crippen LogP contribution is -2.36. The van der Waals surface area contributed by atoms with Crippen molar-refractivity contribution >= 4 is 11.9 Å². The maximum atomic E-state index is 12.1. The fourth-order valence-corrected chi connectivity index (χ4v) is 2.07. The first kappa shape index (κ1) is 13.6. The fourth-order valence-electron chi connectivity index (χ4n) is 2.07. The normalized spacial score (nSPS) is 15.7. The monoisotopic (exact) mass is 261 g/mol. The molecule has 1 aromatic rings. The van der Waals surface area contributed by atoms with Gasteiger partial charge in [-0.15, -0.1) is 0 Å². The summed E-state index contributed by atoms with van der Waals surface area (Å²) in [7, 11) is 0. The third-order valence-electron chi connectivity index (χ3n) is 2.94. The van der Waals surface area contributed by atoms with Gasteiger partial charge in [0.15, 0.2) is 5.78 Å². The van der Waals surface area contributed by atoms with Crippen molar-refractivity contribution in [2.75, 3.05) is 6.54 Å². The summed E-state index contributed by atoms with van der Waals surface area (Å²) in [6.07, 6.45) is -0.0204. The van der Waals surface area contributed by atoms with Gasteiger partial charge in [0.05, 0.1) is 0 Å². The van der Waals surface area contributed by atoms with Crippen molar-refractivity contribution in [1.82, 2.24) is 4.90 Å². The van der Waals surface area contributed by atoms with Crippen LogP contribution in [0.4, 0.5) is 4.79 Å². The van der Waals surface area contributed by atoms with Crippen molar-refractivity contribution in [3.05, 3.63) is 35.4 Å². The van der Waals surface area contributed by atoms with Crippen LogP contribution >= 0.6 is 0 Å². The summed E-state index contributed by atoms with van der Waals surface area (Å²) in [5.41, 5.74) is 1.08. The molecule has 1 aliphatic heterocycles. The summed E-state index contributed by atoms with van der Waals surface area (Å²) in [6.45, 7) is 6.34. The van der Waals surface area contributed by atoms with Crippen LogP contribution in [0.15, 0.2) is 24.3 Å². The number of ketones is 1. The molecule has 1 amide bonds. The van der Waals surface area contributed by atoms with Crippen molar-refractivity contribution in [2.24, 2.45) is 0 Å². The first-order chi connectivity index (χ1) is 8.87. The number of carbonyl (C=O) groups excluding carboxylic acids is 2. The van der Waals surface area contributed by atoms with Gasteiger partial charge < -0.3 is 9.64 Å².